The molecule has 9 heteroatoms. The summed E-state index contributed by atoms with van der Waals surface area (Å²) >= 11 is 1.61. The number of aromatic nitrogens is 4. The molecule has 0 radical (unpaired) electrons. The first-order valence-electron chi connectivity index (χ1n) is 10.9. The van der Waals surface area contributed by atoms with Gasteiger partial charge < -0.3 is 14.5 Å². The Balaban J connectivity index is 1.48. The van der Waals surface area contributed by atoms with Gasteiger partial charge in [0, 0.05) is 16.1 Å². The Morgan fingerprint density at radius 3 is 2.65 bits per heavy atom. The molecule has 0 aliphatic rings. The molecule has 34 heavy (non-hydrogen) atoms. The van der Waals surface area contributed by atoms with Crippen LogP contribution in [-0.4, -0.2) is 38.2 Å². The van der Waals surface area contributed by atoms with E-state index in [0.29, 0.717) is 29.6 Å². The third kappa shape index (κ3) is 5.31. The van der Waals surface area contributed by atoms with Gasteiger partial charge in [0.1, 0.15) is 17.2 Å². The lowest BCUT2D eigenvalue weighted by molar-refractivity contribution is 0.102. The zero-order valence-electron chi connectivity index (χ0n) is 19.8. The molecule has 4 rings (SSSR count). The lowest BCUT2D eigenvalue weighted by Gasteiger charge is -2.09. The van der Waals surface area contributed by atoms with Crippen LogP contribution in [0.15, 0.2) is 57.8 Å². The Kier molecular flexibility index (Phi) is 7.02. The fourth-order valence-corrected chi connectivity index (χ4v) is 3.86. The number of hydrogen-bond acceptors (Lipinski definition) is 7. The summed E-state index contributed by atoms with van der Waals surface area (Å²) < 4.78 is 13.2. The van der Waals surface area contributed by atoms with E-state index in [-0.39, 0.29) is 17.7 Å². The maximum atomic E-state index is 12.8. The summed E-state index contributed by atoms with van der Waals surface area (Å²) in [5.41, 5.74) is 3.22. The molecule has 0 saturated carbocycles. The van der Waals surface area contributed by atoms with Crippen molar-refractivity contribution in [3.8, 4) is 17.2 Å². The first kappa shape index (κ1) is 23.6. The van der Waals surface area contributed by atoms with E-state index >= 15 is 0 Å². The van der Waals surface area contributed by atoms with Gasteiger partial charge in [-0.2, -0.15) is 0 Å². The number of hydrogen-bond donors (Lipinski definition) is 1. The molecule has 0 spiro atoms. The van der Waals surface area contributed by atoms with Crippen LogP contribution < -0.4 is 10.1 Å². The van der Waals surface area contributed by atoms with Gasteiger partial charge in [0.15, 0.2) is 5.69 Å². The fourth-order valence-electron chi connectivity index (χ4n) is 3.40. The van der Waals surface area contributed by atoms with Gasteiger partial charge in [-0.1, -0.05) is 11.3 Å². The van der Waals surface area contributed by atoms with Crippen molar-refractivity contribution in [3.05, 3.63) is 71.4 Å². The van der Waals surface area contributed by atoms with Crippen LogP contribution in [0.5, 0.6) is 5.75 Å². The Morgan fingerprint density at radius 2 is 1.94 bits per heavy atom. The molecule has 0 unspecified atom stereocenters. The number of nitrogens with zero attached hydrogens (tertiary/aromatic N) is 4. The second-order valence-electron chi connectivity index (χ2n) is 8.08. The highest BCUT2D eigenvalue weighted by molar-refractivity contribution is 7.98. The summed E-state index contributed by atoms with van der Waals surface area (Å²) in [4.78, 5) is 18.5. The average molecular weight is 478 g/mol. The number of carbonyl (C=O) groups is 1. The van der Waals surface area contributed by atoms with Crippen LogP contribution in [0, 0.1) is 13.8 Å². The number of carbonyl (C=O) groups excluding carboxylic acids is 1. The number of amides is 1. The Labute approximate surface area is 202 Å². The topological polar surface area (TPSA) is 95.1 Å². The Bertz CT molecular complexity index is 1290. The number of thioether (sulfide) groups is 1. The summed E-state index contributed by atoms with van der Waals surface area (Å²) in [7, 11) is 0. The minimum atomic E-state index is -0.303. The number of ether oxygens (including phenoxy) is 1. The van der Waals surface area contributed by atoms with E-state index in [9.17, 15) is 4.79 Å². The highest BCUT2D eigenvalue weighted by Crippen LogP contribution is 2.25. The molecule has 176 valence electrons. The first-order chi connectivity index (χ1) is 16.3. The van der Waals surface area contributed by atoms with Gasteiger partial charge in [-0.15, -0.1) is 16.9 Å². The number of benzene rings is 2. The zero-order valence-corrected chi connectivity index (χ0v) is 20.6. The van der Waals surface area contributed by atoms with Crippen molar-refractivity contribution in [2.45, 2.75) is 45.2 Å². The highest BCUT2D eigenvalue weighted by Gasteiger charge is 2.19. The highest BCUT2D eigenvalue weighted by atomic mass is 32.2. The van der Waals surface area contributed by atoms with Crippen LogP contribution in [0.3, 0.4) is 0 Å². The predicted molar refractivity (Wildman–Crippen MR) is 132 cm³/mol. The third-order valence-electron chi connectivity index (χ3n) is 5.19. The maximum Gasteiger partial charge on any atom is 0.278 e. The van der Waals surface area contributed by atoms with E-state index in [1.54, 1.807) is 16.4 Å². The molecule has 2 aromatic heterocycles. The molecule has 4 aromatic rings. The average Bonchev–Trinajstić information content (AvgIpc) is 3.36. The monoisotopic (exact) mass is 477 g/mol. The van der Waals surface area contributed by atoms with Crippen molar-refractivity contribution in [2.24, 2.45) is 0 Å². The summed E-state index contributed by atoms with van der Waals surface area (Å²) in [5, 5.41) is 11.2. The van der Waals surface area contributed by atoms with Crippen molar-refractivity contribution >= 4 is 23.4 Å². The molecule has 0 fully saturated rings. The van der Waals surface area contributed by atoms with Gasteiger partial charge >= 0.3 is 0 Å². The maximum absolute atomic E-state index is 12.8. The van der Waals surface area contributed by atoms with Crippen molar-refractivity contribution in [1.82, 2.24) is 20.0 Å². The summed E-state index contributed by atoms with van der Waals surface area (Å²) in [5.74, 6) is 1.70. The number of aryl methyl sites for hydroxylation is 1. The van der Waals surface area contributed by atoms with E-state index in [0.717, 1.165) is 21.9 Å². The van der Waals surface area contributed by atoms with E-state index in [2.05, 4.69) is 20.6 Å². The molecule has 8 nitrogen and oxygen atoms in total. The van der Waals surface area contributed by atoms with E-state index < -0.39 is 0 Å². The first-order valence-corrected chi connectivity index (χ1v) is 12.2. The van der Waals surface area contributed by atoms with Crippen LogP contribution in [0.4, 0.5) is 5.69 Å². The van der Waals surface area contributed by atoms with Gasteiger partial charge in [-0.25, -0.2) is 9.67 Å². The summed E-state index contributed by atoms with van der Waals surface area (Å²) in [6.07, 6.45) is 2.10. The molecule has 2 aromatic carbocycles. The van der Waals surface area contributed by atoms with E-state index in [4.69, 9.17) is 9.15 Å². The fraction of sp³-hybridized carbons (Fsp3) is 0.280. The lowest BCUT2D eigenvalue weighted by atomic mass is 10.2. The van der Waals surface area contributed by atoms with Gasteiger partial charge in [0.05, 0.1) is 18.3 Å². The number of oxazole rings is 1. The number of rotatable bonds is 8. The smallest absolute Gasteiger partial charge is 0.278 e. The van der Waals surface area contributed by atoms with Gasteiger partial charge in [-0.3, -0.25) is 4.79 Å². The van der Waals surface area contributed by atoms with E-state index in [1.807, 2.05) is 82.5 Å². The molecule has 1 N–H and O–H groups in total. The molecule has 2 heterocycles. The van der Waals surface area contributed by atoms with Crippen molar-refractivity contribution < 1.29 is 13.9 Å². The quantitative estimate of drug-likeness (QED) is 0.341. The lowest BCUT2D eigenvalue weighted by Crippen LogP contribution is -2.14. The van der Waals surface area contributed by atoms with Crippen LogP contribution in [0.25, 0.3) is 11.5 Å². The van der Waals surface area contributed by atoms with Crippen molar-refractivity contribution in [1.29, 1.82) is 0 Å². The largest absolute Gasteiger partial charge is 0.491 e. The SMILES string of the molecule is CSc1cccc(NC(=O)c2nnn(Cc3nc(-c4ccc(OC(C)C)cc4)oc3C)c2C)c1. The van der Waals surface area contributed by atoms with Crippen LogP contribution in [0.2, 0.25) is 0 Å². The summed E-state index contributed by atoms with van der Waals surface area (Å²) in [6, 6.07) is 15.3. The van der Waals surface area contributed by atoms with Crippen LogP contribution in [-0.2, 0) is 6.54 Å². The predicted octanol–water partition coefficient (Wildman–Crippen LogP) is 5.36. The molecule has 1 amide bonds. The molecule has 0 aliphatic carbocycles. The second-order valence-corrected chi connectivity index (χ2v) is 8.96. The van der Waals surface area contributed by atoms with Gasteiger partial charge in [0.2, 0.25) is 5.89 Å². The number of anilines is 1. The van der Waals surface area contributed by atoms with Crippen LogP contribution in [0.1, 0.15) is 41.5 Å². The normalized spacial score (nSPS) is 11.1. The molecule has 0 atom stereocenters. The minimum absolute atomic E-state index is 0.111. The molecular weight excluding hydrogens is 450 g/mol. The standard InChI is InChI=1S/C25H27N5O3S/c1-15(2)32-20-11-9-18(10-12-20)25-27-22(17(4)33-25)14-30-16(3)23(28-29-30)24(31)26-19-7-6-8-21(13-19)34-5/h6-13,15H,14H2,1-5H3,(H,26,31). The second kappa shape index (κ2) is 10.1. The molecule has 0 bridgehead atoms. The van der Waals surface area contributed by atoms with Crippen molar-refractivity contribution in [2.75, 3.05) is 11.6 Å². The molecule has 0 aliphatic heterocycles. The van der Waals surface area contributed by atoms with Gasteiger partial charge in [0.25, 0.3) is 5.91 Å². The molecular formula is C25H27N5O3S. The van der Waals surface area contributed by atoms with E-state index in [1.165, 1.54) is 0 Å². The zero-order chi connectivity index (χ0) is 24.2. The third-order valence-corrected chi connectivity index (χ3v) is 5.92. The van der Waals surface area contributed by atoms with Crippen molar-refractivity contribution in [3.63, 3.8) is 0 Å². The Hall–Kier alpha value is -3.59. The number of nitrogens with one attached hydrogen (secondary N) is 1. The Morgan fingerprint density at radius 1 is 1.18 bits per heavy atom. The summed E-state index contributed by atoms with van der Waals surface area (Å²) in [6.45, 7) is 8.00. The molecule has 0 saturated heterocycles. The van der Waals surface area contributed by atoms with Crippen LogP contribution >= 0.6 is 11.8 Å². The van der Waals surface area contributed by atoms with Gasteiger partial charge in [-0.05, 0) is 76.4 Å². The minimum Gasteiger partial charge on any atom is -0.491 e.